The molecule has 28 heavy (non-hydrogen) atoms. The zero-order valence-electron chi connectivity index (χ0n) is 15.8. The molecule has 0 N–H and O–H groups in total. The minimum atomic E-state index is -0.268. The molecule has 1 atom stereocenters. The summed E-state index contributed by atoms with van der Waals surface area (Å²) < 4.78 is 21.0. The van der Waals surface area contributed by atoms with E-state index in [0.717, 1.165) is 17.5 Å². The monoisotopic (exact) mass is 400 g/mol. The molecule has 0 aliphatic carbocycles. The molecule has 1 aliphatic rings. The summed E-state index contributed by atoms with van der Waals surface area (Å²) >= 11 is 1.36. The van der Waals surface area contributed by atoms with E-state index in [9.17, 15) is 9.18 Å². The molecule has 0 bridgehead atoms. The minimum Gasteiger partial charge on any atom is -0.461 e. The molecule has 4 rings (SSSR count). The lowest BCUT2D eigenvalue weighted by atomic mass is 9.93. The molecule has 0 saturated carbocycles. The average molecular weight is 400 g/mol. The second kappa shape index (κ2) is 7.79. The Hall–Kier alpha value is -2.61. The first-order chi connectivity index (χ1) is 13.6. The van der Waals surface area contributed by atoms with E-state index in [1.54, 1.807) is 12.3 Å². The van der Waals surface area contributed by atoms with Crippen LogP contribution < -0.4 is 0 Å². The number of nitrogens with zero attached hydrogens (tertiary/aromatic N) is 4. The van der Waals surface area contributed by atoms with E-state index in [1.807, 2.05) is 35.4 Å². The van der Waals surface area contributed by atoms with Crippen LogP contribution in [0.3, 0.4) is 0 Å². The Kier molecular flexibility index (Phi) is 5.21. The van der Waals surface area contributed by atoms with Crippen LogP contribution in [-0.4, -0.2) is 37.9 Å². The lowest BCUT2D eigenvalue weighted by molar-refractivity contribution is -0.130. The van der Waals surface area contributed by atoms with Crippen LogP contribution in [0.5, 0.6) is 0 Å². The van der Waals surface area contributed by atoms with Crippen molar-refractivity contribution in [2.45, 2.75) is 38.0 Å². The van der Waals surface area contributed by atoms with E-state index in [4.69, 9.17) is 4.42 Å². The van der Waals surface area contributed by atoms with Crippen molar-refractivity contribution in [2.75, 3.05) is 12.3 Å². The summed E-state index contributed by atoms with van der Waals surface area (Å²) in [6.45, 7) is 5.26. The number of furan rings is 1. The van der Waals surface area contributed by atoms with Crippen LogP contribution in [0.15, 0.2) is 46.2 Å². The Balaban J connectivity index is 1.47. The van der Waals surface area contributed by atoms with Crippen LogP contribution in [0.25, 0.3) is 11.6 Å². The number of benzene rings is 1. The number of amides is 1. The molecule has 2 aromatic heterocycles. The SMILES string of the molecule is CCn1c(SCC(=O)N2CCc3ccc(F)cc3C2C)nnc1-c1ccco1. The molecule has 1 aliphatic heterocycles. The maximum atomic E-state index is 13.6. The van der Waals surface area contributed by atoms with Gasteiger partial charge < -0.3 is 9.32 Å². The smallest absolute Gasteiger partial charge is 0.233 e. The molecule has 0 spiro atoms. The fourth-order valence-electron chi connectivity index (χ4n) is 3.60. The lowest BCUT2D eigenvalue weighted by Crippen LogP contribution is -2.40. The second-order valence-electron chi connectivity index (χ2n) is 6.67. The fourth-order valence-corrected chi connectivity index (χ4v) is 4.49. The van der Waals surface area contributed by atoms with Gasteiger partial charge in [0.25, 0.3) is 0 Å². The maximum absolute atomic E-state index is 13.6. The normalized spacial score (nSPS) is 16.2. The molecule has 1 unspecified atom stereocenters. The Labute approximate surface area is 166 Å². The van der Waals surface area contributed by atoms with Crippen molar-refractivity contribution in [1.29, 1.82) is 0 Å². The third kappa shape index (κ3) is 3.44. The van der Waals surface area contributed by atoms with Crippen LogP contribution in [0.1, 0.15) is 31.0 Å². The van der Waals surface area contributed by atoms with Crippen molar-refractivity contribution >= 4 is 17.7 Å². The van der Waals surface area contributed by atoms with Gasteiger partial charge in [0.15, 0.2) is 16.7 Å². The largest absolute Gasteiger partial charge is 0.461 e. The zero-order valence-corrected chi connectivity index (χ0v) is 16.6. The van der Waals surface area contributed by atoms with E-state index in [2.05, 4.69) is 10.2 Å². The number of carbonyl (C=O) groups is 1. The van der Waals surface area contributed by atoms with Crippen molar-refractivity contribution in [2.24, 2.45) is 0 Å². The Morgan fingerprint density at radius 2 is 2.21 bits per heavy atom. The quantitative estimate of drug-likeness (QED) is 0.607. The van der Waals surface area contributed by atoms with Crippen molar-refractivity contribution in [3.8, 4) is 11.6 Å². The first kappa shape index (κ1) is 18.7. The predicted molar refractivity (Wildman–Crippen MR) is 104 cm³/mol. The van der Waals surface area contributed by atoms with Crippen molar-refractivity contribution in [3.05, 3.63) is 53.5 Å². The first-order valence-electron chi connectivity index (χ1n) is 9.26. The molecule has 3 aromatic rings. The number of aromatic nitrogens is 3. The van der Waals surface area contributed by atoms with Crippen LogP contribution >= 0.6 is 11.8 Å². The summed E-state index contributed by atoms with van der Waals surface area (Å²) in [5.41, 5.74) is 2.00. The number of hydrogen-bond acceptors (Lipinski definition) is 5. The Morgan fingerprint density at radius 1 is 1.36 bits per heavy atom. The van der Waals surface area contributed by atoms with Gasteiger partial charge in [0.2, 0.25) is 5.91 Å². The van der Waals surface area contributed by atoms with Gasteiger partial charge in [0.05, 0.1) is 18.1 Å². The minimum absolute atomic E-state index is 0.0117. The lowest BCUT2D eigenvalue weighted by Gasteiger charge is -2.35. The van der Waals surface area contributed by atoms with Gasteiger partial charge in [-0.05, 0) is 55.7 Å². The standard InChI is InChI=1S/C20H21FN4O2S/c1-3-24-19(17-5-4-10-27-17)22-23-20(24)28-12-18(26)25-9-8-14-6-7-15(21)11-16(14)13(25)2/h4-7,10-11,13H,3,8-9,12H2,1-2H3. The van der Waals surface area contributed by atoms with Crippen molar-refractivity contribution in [3.63, 3.8) is 0 Å². The number of thioether (sulfide) groups is 1. The van der Waals surface area contributed by atoms with E-state index < -0.39 is 0 Å². The number of carbonyl (C=O) groups excluding carboxylic acids is 1. The highest BCUT2D eigenvalue weighted by Gasteiger charge is 2.28. The highest BCUT2D eigenvalue weighted by Crippen LogP contribution is 2.31. The molecule has 0 fully saturated rings. The molecule has 0 radical (unpaired) electrons. The van der Waals surface area contributed by atoms with Gasteiger partial charge in [-0.2, -0.15) is 0 Å². The van der Waals surface area contributed by atoms with Gasteiger partial charge in [0.1, 0.15) is 5.82 Å². The molecule has 8 heteroatoms. The summed E-state index contributed by atoms with van der Waals surface area (Å²) in [5, 5.41) is 9.11. The summed E-state index contributed by atoms with van der Waals surface area (Å²) in [5.74, 6) is 1.30. The van der Waals surface area contributed by atoms with Gasteiger partial charge in [-0.3, -0.25) is 9.36 Å². The topological polar surface area (TPSA) is 64.2 Å². The molecule has 1 aromatic carbocycles. The van der Waals surface area contributed by atoms with E-state index in [0.29, 0.717) is 29.8 Å². The highest BCUT2D eigenvalue weighted by atomic mass is 32.2. The third-order valence-electron chi connectivity index (χ3n) is 5.07. The Bertz CT molecular complexity index is 986. The fraction of sp³-hybridized carbons (Fsp3) is 0.350. The van der Waals surface area contributed by atoms with Crippen LogP contribution in [0.2, 0.25) is 0 Å². The summed E-state index contributed by atoms with van der Waals surface area (Å²) in [7, 11) is 0. The van der Waals surface area contributed by atoms with Crippen molar-refractivity contribution in [1.82, 2.24) is 19.7 Å². The summed E-state index contributed by atoms with van der Waals surface area (Å²) in [4.78, 5) is 14.7. The average Bonchev–Trinajstić information content (AvgIpc) is 3.36. The number of halogens is 1. The molecule has 6 nitrogen and oxygen atoms in total. The third-order valence-corrected chi connectivity index (χ3v) is 6.02. The maximum Gasteiger partial charge on any atom is 0.233 e. The molecule has 0 saturated heterocycles. The predicted octanol–water partition coefficient (Wildman–Crippen LogP) is 3.94. The summed E-state index contributed by atoms with van der Waals surface area (Å²) in [6, 6.07) is 8.33. The van der Waals surface area contributed by atoms with E-state index in [-0.39, 0.29) is 23.5 Å². The Morgan fingerprint density at radius 3 is 2.96 bits per heavy atom. The molecule has 146 valence electrons. The first-order valence-corrected chi connectivity index (χ1v) is 10.2. The molecular formula is C20H21FN4O2S. The molecule has 1 amide bonds. The highest BCUT2D eigenvalue weighted by molar-refractivity contribution is 7.99. The van der Waals surface area contributed by atoms with E-state index >= 15 is 0 Å². The van der Waals surface area contributed by atoms with Gasteiger partial charge in [-0.25, -0.2) is 4.39 Å². The van der Waals surface area contributed by atoms with Gasteiger partial charge in [-0.1, -0.05) is 17.8 Å². The van der Waals surface area contributed by atoms with E-state index in [1.165, 1.54) is 23.9 Å². The number of hydrogen-bond donors (Lipinski definition) is 0. The van der Waals surface area contributed by atoms with Crippen LogP contribution in [0, 0.1) is 5.82 Å². The van der Waals surface area contributed by atoms with Crippen molar-refractivity contribution < 1.29 is 13.6 Å². The summed E-state index contributed by atoms with van der Waals surface area (Å²) in [6.07, 6.45) is 2.34. The number of rotatable bonds is 5. The van der Waals surface area contributed by atoms with Crippen LogP contribution in [0.4, 0.5) is 4.39 Å². The van der Waals surface area contributed by atoms with Gasteiger partial charge in [-0.15, -0.1) is 10.2 Å². The molecule has 3 heterocycles. The molecular weight excluding hydrogens is 379 g/mol. The second-order valence-corrected chi connectivity index (χ2v) is 7.62. The van der Waals surface area contributed by atoms with Gasteiger partial charge in [0, 0.05) is 13.1 Å². The van der Waals surface area contributed by atoms with Gasteiger partial charge >= 0.3 is 0 Å². The number of fused-ring (bicyclic) bond motifs is 1. The zero-order chi connectivity index (χ0) is 19.7. The van der Waals surface area contributed by atoms with Crippen LogP contribution in [-0.2, 0) is 17.8 Å².